The lowest BCUT2D eigenvalue weighted by molar-refractivity contribution is -0.385. The molecule has 0 bridgehead atoms. The molecule has 1 aliphatic heterocycles. The Bertz CT molecular complexity index is 845. The summed E-state index contributed by atoms with van der Waals surface area (Å²) in [5, 5.41) is 20.4. The Kier molecular flexibility index (Phi) is 4.83. The van der Waals surface area contributed by atoms with Gasteiger partial charge in [0.15, 0.2) is 5.75 Å². The van der Waals surface area contributed by atoms with Gasteiger partial charge >= 0.3 is 5.69 Å². The van der Waals surface area contributed by atoms with Crippen LogP contribution in [0.2, 0.25) is 0 Å². The van der Waals surface area contributed by atoms with Crippen LogP contribution in [-0.2, 0) is 0 Å². The number of carbonyl (C=O) groups is 2. The summed E-state index contributed by atoms with van der Waals surface area (Å²) in [5.41, 5.74) is 0.336. The highest BCUT2D eigenvalue weighted by Crippen LogP contribution is 2.27. The maximum atomic E-state index is 12.5. The van der Waals surface area contributed by atoms with Gasteiger partial charge in [-0.2, -0.15) is 0 Å². The molecule has 1 aliphatic rings. The van der Waals surface area contributed by atoms with E-state index in [-0.39, 0.29) is 17.4 Å². The summed E-state index contributed by atoms with van der Waals surface area (Å²) in [6, 6.07) is 12.5. The molecule has 1 fully saturated rings. The van der Waals surface area contributed by atoms with Crippen LogP contribution in [0, 0.1) is 10.1 Å². The van der Waals surface area contributed by atoms with Gasteiger partial charge in [-0.25, -0.2) is 0 Å². The summed E-state index contributed by atoms with van der Waals surface area (Å²) in [6.45, 7) is 1.52. The van der Waals surface area contributed by atoms with Gasteiger partial charge in [-0.1, -0.05) is 18.2 Å². The van der Waals surface area contributed by atoms with Crippen molar-refractivity contribution in [2.75, 3.05) is 26.2 Å². The van der Waals surface area contributed by atoms with Crippen LogP contribution in [-0.4, -0.2) is 57.8 Å². The number of amides is 2. The van der Waals surface area contributed by atoms with Crippen LogP contribution in [0.25, 0.3) is 0 Å². The highest BCUT2D eigenvalue weighted by atomic mass is 16.6. The van der Waals surface area contributed by atoms with Crippen LogP contribution in [0.15, 0.2) is 48.5 Å². The number of carbonyl (C=O) groups excluding carboxylic acids is 2. The van der Waals surface area contributed by atoms with Crippen molar-refractivity contribution in [1.82, 2.24) is 9.80 Å². The Morgan fingerprint density at radius 2 is 1.42 bits per heavy atom. The maximum absolute atomic E-state index is 12.5. The highest BCUT2D eigenvalue weighted by molar-refractivity contribution is 5.96. The molecule has 8 heteroatoms. The summed E-state index contributed by atoms with van der Waals surface area (Å²) in [7, 11) is 0. The van der Waals surface area contributed by atoms with Crippen LogP contribution in [0.1, 0.15) is 20.7 Å². The first-order valence-electron chi connectivity index (χ1n) is 8.08. The quantitative estimate of drug-likeness (QED) is 0.669. The van der Waals surface area contributed by atoms with Crippen molar-refractivity contribution < 1.29 is 19.6 Å². The second-order valence-electron chi connectivity index (χ2n) is 5.91. The molecule has 26 heavy (non-hydrogen) atoms. The standard InChI is InChI=1S/C18H17N3O5/c22-16-12-14(6-7-15(16)21(25)26)18(24)20-10-8-19(9-11-20)17(23)13-4-2-1-3-5-13/h1-7,12,22H,8-11H2. The Hall–Kier alpha value is -3.42. The number of hydrogen-bond donors (Lipinski definition) is 1. The number of piperazine rings is 1. The summed E-state index contributed by atoms with van der Waals surface area (Å²) < 4.78 is 0. The monoisotopic (exact) mass is 355 g/mol. The lowest BCUT2D eigenvalue weighted by Crippen LogP contribution is -2.50. The van der Waals surface area contributed by atoms with Gasteiger partial charge < -0.3 is 14.9 Å². The van der Waals surface area contributed by atoms with Gasteiger partial charge in [0, 0.05) is 43.4 Å². The van der Waals surface area contributed by atoms with Gasteiger partial charge in [0.2, 0.25) is 0 Å². The molecule has 1 N–H and O–H groups in total. The molecule has 0 spiro atoms. The normalized spacial score (nSPS) is 14.2. The van der Waals surface area contributed by atoms with E-state index in [1.54, 1.807) is 34.1 Å². The topological polar surface area (TPSA) is 104 Å². The molecule has 3 rings (SSSR count). The highest BCUT2D eigenvalue weighted by Gasteiger charge is 2.26. The van der Waals surface area contributed by atoms with Crippen LogP contribution >= 0.6 is 0 Å². The summed E-state index contributed by atoms with van der Waals surface area (Å²) in [6.07, 6.45) is 0. The summed E-state index contributed by atoms with van der Waals surface area (Å²) >= 11 is 0. The number of nitro groups is 1. The number of phenols is 1. The van der Waals surface area contributed by atoms with Crippen molar-refractivity contribution in [3.05, 3.63) is 69.8 Å². The predicted molar refractivity (Wildman–Crippen MR) is 93.0 cm³/mol. The molecule has 1 heterocycles. The molecule has 2 amide bonds. The van der Waals surface area contributed by atoms with Gasteiger partial charge in [-0.15, -0.1) is 0 Å². The van der Waals surface area contributed by atoms with E-state index in [9.17, 15) is 24.8 Å². The molecule has 0 saturated carbocycles. The van der Waals surface area contributed by atoms with Gasteiger partial charge in [0.05, 0.1) is 4.92 Å². The van der Waals surface area contributed by atoms with E-state index in [0.29, 0.717) is 31.7 Å². The van der Waals surface area contributed by atoms with E-state index in [0.717, 1.165) is 12.1 Å². The van der Waals surface area contributed by atoms with E-state index in [4.69, 9.17) is 0 Å². The predicted octanol–water partition coefficient (Wildman–Crippen LogP) is 1.90. The Morgan fingerprint density at radius 3 is 1.92 bits per heavy atom. The minimum atomic E-state index is -0.711. The zero-order valence-electron chi connectivity index (χ0n) is 13.9. The molecule has 134 valence electrons. The molecule has 0 unspecified atom stereocenters. The molecular weight excluding hydrogens is 338 g/mol. The van der Waals surface area contributed by atoms with Crippen LogP contribution in [0.4, 0.5) is 5.69 Å². The molecule has 1 saturated heterocycles. The van der Waals surface area contributed by atoms with E-state index < -0.39 is 16.4 Å². The average Bonchev–Trinajstić information content (AvgIpc) is 2.67. The third-order valence-electron chi connectivity index (χ3n) is 4.29. The Morgan fingerprint density at radius 1 is 0.885 bits per heavy atom. The molecule has 0 atom stereocenters. The number of hydrogen-bond acceptors (Lipinski definition) is 5. The maximum Gasteiger partial charge on any atom is 0.310 e. The number of rotatable bonds is 3. The molecule has 0 radical (unpaired) electrons. The van der Waals surface area contributed by atoms with Crippen molar-refractivity contribution in [3.63, 3.8) is 0 Å². The molecule has 0 aromatic heterocycles. The first kappa shape index (κ1) is 17.4. The van der Waals surface area contributed by atoms with E-state index in [1.165, 1.54) is 6.07 Å². The van der Waals surface area contributed by atoms with Crippen molar-refractivity contribution >= 4 is 17.5 Å². The van der Waals surface area contributed by atoms with E-state index in [2.05, 4.69) is 0 Å². The first-order valence-corrected chi connectivity index (χ1v) is 8.08. The largest absolute Gasteiger partial charge is 0.502 e. The number of nitrogens with zero attached hydrogens (tertiary/aromatic N) is 3. The minimum Gasteiger partial charge on any atom is -0.502 e. The second-order valence-corrected chi connectivity index (χ2v) is 5.91. The first-order chi connectivity index (χ1) is 12.5. The average molecular weight is 355 g/mol. The van der Waals surface area contributed by atoms with Gasteiger partial charge in [0.1, 0.15) is 0 Å². The summed E-state index contributed by atoms with van der Waals surface area (Å²) in [4.78, 5) is 38.2. The number of phenolic OH excluding ortho intramolecular Hbond substituents is 1. The van der Waals surface area contributed by atoms with Crippen molar-refractivity contribution in [1.29, 1.82) is 0 Å². The molecular formula is C18H17N3O5. The van der Waals surface area contributed by atoms with Crippen molar-refractivity contribution in [3.8, 4) is 5.75 Å². The van der Waals surface area contributed by atoms with Gasteiger partial charge in [-0.05, 0) is 24.3 Å². The van der Waals surface area contributed by atoms with Crippen molar-refractivity contribution in [2.24, 2.45) is 0 Å². The lowest BCUT2D eigenvalue weighted by Gasteiger charge is -2.34. The van der Waals surface area contributed by atoms with E-state index >= 15 is 0 Å². The molecule has 0 aliphatic carbocycles. The fourth-order valence-electron chi connectivity index (χ4n) is 2.87. The lowest BCUT2D eigenvalue weighted by atomic mass is 10.1. The fraction of sp³-hybridized carbons (Fsp3) is 0.222. The minimum absolute atomic E-state index is 0.0781. The summed E-state index contributed by atoms with van der Waals surface area (Å²) in [5.74, 6) is -0.952. The zero-order chi connectivity index (χ0) is 18.7. The van der Waals surface area contributed by atoms with Crippen LogP contribution in [0.5, 0.6) is 5.75 Å². The molecule has 2 aromatic carbocycles. The van der Waals surface area contributed by atoms with E-state index in [1.807, 2.05) is 6.07 Å². The van der Waals surface area contributed by atoms with Crippen molar-refractivity contribution in [2.45, 2.75) is 0 Å². The second kappa shape index (κ2) is 7.22. The van der Waals surface area contributed by atoms with Crippen LogP contribution in [0.3, 0.4) is 0 Å². The van der Waals surface area contributed by atoms with Gasteiger partial charge in [0.25, 0.3) is 11.8 Å². The van der Waals surface area contributed by atoms with Gasteiger partial charge in [-0.3, -0.25) is 19.7 Å². The third-order valence-corrected chi connectivity index (χ3v) is 4.29. The number of nitro benzene ring substituents is 1. The number of aromatic hydroxyl groups is 1. The smallest absolute Gasteiger partial charge is 0.310 e. The Labute approximate surface area is 149 Å². The zero-order valence-corrected chi connectivity index (χ0v) is 13.9. The SMILES string of the molecule is O=C(c1ccccc1)N1CCN(C(=O)c2ccc([N+](=O)[O-])c(O)c2)CC1. The third kappa shape index (κ3) is 3.49. The Balaban J connectivity index is 1.64. The molecule has 2 aromatic rings. The number of benzene rings is 2. The molecule has 8 nitrogen and oxygen atoms in total. The fourth-order valence-corrected chi connectivity index (χ4v) is 2.87. The van der Waals surface area contributed by atoms with Crippen LogP contribution < -0.4 is 0 Å².